The summed E-state index contributed by atoms with van der Waals surface area (Å²) in [6, 6.07) is 0.285. The Hall–Kier alpha value is -1.71. The number of nitrogens with one attached hydrogen (secondary N) is 2. The van der Waals surface area contributed by atoms with Gasteiger partial charge in [0.15, 0.2) is 11.8 Å². The second kappa shape index (κ2) is 9.67. The number of guanidine groups is 1. The molecule has 158 valence electrons. The summed E-state index contributed by atoms with van der Waals surface area (Å²) in [7, 11) is 5.96. The van der Waals surface area contributed by atoms with Gasteiger partial charge in [-0.3, -0.25) is 4.99 Å². The van der Waals surface area contributed by atoms with Crippen LogP contribution in [0.5, 0.6) is 0 Å². The Bertz CT molecular complexity index is 653. The average molecular weight is 394 g/mol. The molecule has 0 aromatic carbocycles. The number of aryl methyl sites for hydroxylation is 1. The first-order chi connectivity index (χ1) is 13.6. The first-order valence-electron chi connectivity index (χ1n) is 10.3. The van der Waals surface area contributed by atoms with Crippen LogP contribution >= 0.6 is 0 Å². The van der Waals surface area contributed by atoms with Crippen LogP contribution in [0.3, 0.4) is 0 Å². The van der Waals surface area contributed by atoms with Crippen molar-refractivity contribution < 1.29 is 9.47 Å². The van der Waals surface area contributed by atoms with E-state index in [1.807, 2.05) is 4.68 Å². The Morgan fingerprint density at radius 2 is 2.18 bits per heavy atom. The minimum Gasteiger partial charge on any atom is -0.381 e. The number of methoxy groups -OCH3 is 1. The fraction of sp³-hybridized carbons (Fsp3) is 0.842. The van der Waals surface area contributed by atoms with Crippen LogP contribution in [0.2, 0.25) is 0 Å². The van der Waals surface area contributed by atoms with Crippen LogP contribution in [0.1, 0.15) is 37.8 Å². The van der Waals surface area contributed by atoms with E-state index in [1.165, 1.54) is 0 Å². The van der Waals surface area contributed by atoms with Crippen LogP contribution in [-0.2, 0) is 29.0 Å². The fourth-order valence-corrected chi connectivity index (χ4v) is 3.91. The number of aliphatic imine (C=N–C) groups is 1. The zero-order valence-electron chi connectivity index (χ0n) is 17.7. The molecule has 0 bridgehead atoms. The Labute approximate surface area is 167 Å². The van der Waals surface area contributed by atoms with Crippen LogP contribution in [0.4, 0.5) is 0 Å². The highest BCUT2D eigenvalue weighted by Gasteiger charge is 2.34. The number of rotatable bonds is 7. The molecule has 1 fully saturated rings. The zero-order valence-corrected chi connectivity index (χ0v) is 17.7. The predicted octanol–water partition coefficient (Wildman–Crippen LogP) is 0.405. The molecular formula is C19H35N7O2. The molecule has 1 aromatic heterocycles. The van der Waals surface area contributed by atoms with Gasteiger partial charge in [-0.1, -0.05) is 0 Å². The van der Waals surface area contributed by atoms with E-state index in [9.17, 15) is 0 Å². The fourth-order valence-electron chi connectivity index (χ4n) is 3.91. The highest BCUT2D eigenvalue weighted by atomic mass is 16.5. The van der Waals surface area contributed by atoms with Gasteiger partial charge in [0.25, 0.3) is 0 Å². The van der Waals surface area contributed by atoms with Crippen molar-refractivity contribution in [2.24, 2.45) is 4.99 Å². The number of aromatic nitrogens is 3. The van der Waals surface area contributed by atoms with E-state index in [4.69, 9.17) is 14.5 Å². The molecule has 0 saturated carbocycles. The van der Waals surface area contributed by atoms with E-state index in [0.717, 1.165) is 76.1 Å². The van der Waals surface area contributed by atoms with Gasteiger partial charge in [0.1, 0.15) is 12.4 Å². The molecule has 1 saturated heterocycles. The van der Waals surface area contributed by atoms with E-state index in [1.54, 1.807) is 7.11 Å². The molecule has 3 heterocycles. The number of hydrogen-bond acceptors (Lipinski definition) is 6. The minimum atomic E-state index is 0.0707. The smallest absolute Gasteiger partial charge is 0.191 e. The summed E-state index contributed by atoms with van der Waals surface area (Å²) >= 11 is 0. The molecule has 0 spiro atoms. The quantitative estimate of drug-likeness (QED) is 0.512. The van der Waals surface area contributed by atoms with Gasteiger partial charge in [0.05, 0.1) is 13.1 Å². The first-order valence-corrected chi connectivity index (χ1v) is 10.3. The standard InChI is InChI=1S/C19H35N7O2/c1-5-20-18(21-14-19(25(2)3)8-10-28-11-9-19)22-15-6-7-17-23-16(13-27-4)24-26(17)12-15/h15H,5-14H2,1-4H3,(H2,20,21,22). The van der Waals surface area contributed by atoms with Gasteiger partial charge in [-0.05, 0) is 40.3 Å². The Morgan fingerprint density at radius 1 is 1.39 bits per heavy atom. The summed E-state index contributed by atoms with van der Waals surface area (Å²) in [6.45, 7) is 6.56. The molecule has 0 radical (unpaired) electrons. The molecule has 2 aliphatic heterocycles. The van der Waals surface area contributed by atoms with Crippen molar-refractivity contribution in [3.05, 3.63) is 11.6 Å². The molecule has 9 nitrogen and oxygen atoms in total. The third-order valence-corrected chi connectivity index (χ3v) is 5.76. The zero-order chi connectivity index (χ0) is 20.0. The van der Waals surface area contributed by atoms with Gasteiger partial charge in [0.2, 0.25) is 0 Å². The Kier molecular flexibility index (Phi) is 7.25. The van der Waals surface area contributed by atoms with E-state index in [2.05, 4.69) is 46.6 Å². The topological polar surface area (TPSA) is 88.8 Å². The number of likely N-dealkylation sites (N-methyl/N-ethyl adjacent to an activating group) is 1. The molecule has 1 unspecified atom stereocenters. The summed E-state index contributed by atoms with van der Waals surface area (Å²) in [5.41, 5.74) is 0.0707. The van der Waals surface area contributed by atoms with Crippen LogP contribution in [0, 0.1) is 0 Å². The van der Waals surface area contributed by atoms with Gasteiger partial charge in [-0.25, -0.2) is 9.67 Å². The second-order valence-corrected chi connectivity index (χ2v) is 7.87. The van der Waals surface area contributed by atoms with Crippen LogP contribution in [0.25, 0.3) is 0 Å². The maximum atomic E-state index is 5.57. The molecule has 1 atom stereocenters. The molecule has 0 aliphatic carbocycles. The summed E-state index contributed by atoms with van der Waals surface area (Å²) in [5.74, 6) is 2.67. The van der Waals surface area contributed by atoms with Gasteiger partial charge in [-0.15, -0.1) is 0 Å². The van der Waals surface area contributed by atoms with Gasteiger partial charge in [0, 0.05) is 44.9 Å². The first kappa shape index (κ1) is 21.0. The highest BCUT2D eigenvalue weighted by Crippen LogP contribution is 2.26. The van der Waals surface area contributed by atoms with Crippen molar-refractivity contribution >= 4 is 5.96 Å². The van der Waals surface area contributed by atoms with Crippen molar-refractivity contribution in [1.29, 1.82) is 0 Å². The Morgan fingerprint density at radius 3 is 2.86 bits per heavy atom. The molecular weight excluding hydrogens is 358 g/mol. The lowest BCUT2D eigenvalue weighted by atomic mass is 9.89. The molecule has 2 aliphatic rings. The maximum absolute atomic E-state index is 5.57. The lowest BCUT2D eigenvalue weighted by Gasteiger charge is -2.41. The van der Waals surface area contributed by atoms with Crippen molar-refractivity contribution in [2.45, 2.75) is 57.3 Å². The lowest BCUT2D eigenvalue weighted by Crippen LogP contribution is -2.52. The highest BCUT2D eigenvalue weighted by molar-refractivity contribution is 5.80. The second-order valence-electron chi connectivity index (χ2n) is 7.87. The molecule has 3 rings (SSSR count). The number of ether oxygens (including phenoxy) is 2. The third kappa shape index (κ3) is 5.01. The minimum absolute atomic E-state index is 0.0707. The SMILES string of the molecule is CCNC(=NCC1(N(C)C)CCOCC1)NC1CCc2nc(COC)nn2C1. The van der Waals surface area contributed by atoms with Crippen molar-refractivity contribution in [3.63, 3.8) is 0 Å². The predicted molar refractivity (Wildman–Crippen MR) is 108 cm³/mol. The number of hydrogen-bond donors (Lipinski definition) is 2. The van der Waals surface area contributed by atoms with Crippen LogP contribution < -0.4 is 10.6 Å². The molecule has 1 aromatic rings. The van der Waals surface area contributed by atoms with Crippen LogP contribution in [-0.4, -0.2) is 84.7 Å². The summed E-state index contributed by atoms with van der Waals surface area (Å²) in [4.78, 5) is 11.8. The van der Waals surface area contributed by atoms with E-state index >= 15 is 0 Å². The lowest BCUT2D eigenvalue weighted by molar-refractivity contribution is -0.00255. The summed E-state index contributed by atoms with van der Waals surface area (Å²) in [5, 5.41) is 11.6. The van der Waals surface area contributed by atoms with Crippen molar-refractivity contribution in [2.75, 3.05) is 47.5 Å². The van der Waals surface area contributed by atoms with Crippen molar-refractivity contribution in [3.8, 4) is 0 Å². The molecule has 9 heteroatoms. The third-order valence-electron chi connectivity index (χ3n) is 5.76. The average Bonchev–Trinajstić information content (AvgIpc) is 3.09. The number of fused-ring (bicyclic) bond motifs is 1. The maximum Gasteiger partial charge on any atom is 0.191 e. The van der Waals surface area contributed by atoms with E-state index in [-0.39, 0.29) is 11.6 Å². The molecule has 0 amide bonds. The van der Waals surface area contributed by atoms with E-state index in [0.29, 0.717) is 6.61 Å². The van der Waals surface area contributed by atoms with Crippen molar-refractivity contribution in [1.82, 2.24) is 30.3 Å². The Balaban J connectivity index is 1.64. The summed E-state index contributed by atoms with van der Waals surface area (Å²) in [6.07, 6.45) is 3.95. The number of nitrogens with zero attached hydrogens (tertiary/aromatic N) is 5. The molecule has 2 N–H and O–H groups in total. The monoisotopic (exact) mass is 393 g/mol. The molecule has 28 heavy (non-hydrogen) atoms. The largest absolute Gasteiger partial charge is 0.381 e. The summed E-state index contributed by atoms with van der Waals surface area (Å²) < 4.78 is 12.7. The van der Waals surface area contributed by atoms with Crippen LogP contribution in [0.15, 0.2) is 4.99 Å². The van der Waals surface area contributed by atoms with E-state index < -0.39 is 0 Å². The van der Waals surface area contributed by atoms with Gasteiger partial charge in [-0.2, -0.15) is 5.10 Å². The normalized spacial score (nSPS) is 22.2. The van der Waals surface area contributed by atoms with Gasteiger partial charge < -0.3 is 25.0 Å². The van der Waals surface area contributed by atoms with Gasteiger partial charge >= 0.3 is 0 Å².